The number of ether oxygens (including phenoxy) is 1. The van der Waals surface area contributed by atoms with Gasteiger partial charge in [-0.1, -0.05) is 25.3 Å². The number of carbonyl (C=O) groups is 1. The molecule has 0 radical (unpaired) electrons. The van der Waals surface area contributed by atoms with Crippen molar-refractivity contribution in [2.24, 2.45) is 11.8 Å². The fourth-order valence-electron chi connectivity index (χ4n) is 4.13. The Hall–Kier alpha value is -1.77. The van der Waals surface area contributed by atoms with Crippen LogP contribution in [-0.4, -0.2) is 18.0 Å². The SMILES string of the molecule is COc1ccc(/C=C2\CCC[C@@H](C3CCCCC3)C2=O)cc1O. The second-order valence-corrected chi connectivity index (χ2v) is 6.86. The van der Waals surface area contributed by atoms with Gasteiger partial charge in [-0.3, -0.25) is 4.79 Å². The maximum absolute atomic E-state index is 12.9. The number of carbonyl (C=O) groups excluding carboxylic acids is 1. The average molecular weight is 314 g/mol. The third-order valence-electron chi connectivity index (χ3n) is 5.38. The highest BCUT2D eigenvalue weighted by Gasteiger charge is 2.33. The number of aromatic hydroxyl groups is 1. The van der Waals surface area contributed by atoms with Gasteiger partial charge in [-0.15, -0.1) is 0 Å². The van der Waals surface area contributed by atoms with Crippen LogP contribution in [0.1, 0.15) is 56.9 Å². The van der Waals surface area contributed by atoms with E-state index in [9.17, 15) is 9.90 Å². The number of benzene rings is 1. The number of hydrogen-bond donors (Lipinski definition) is 1. The summed E-state index contributed by atoms with van der Waals surface area (Å²) in [4.78, 5) is 12.9. The van der Waals surface area contributed by atoms with Gasteiger partial charge in [0.2, 0.25) is 0 Å². The molecule has 1 N–H and O–H groups in total. The zero-order valence-electron chi connectivity index (χ0n) is 13.9. The van der Waals surface area contributed by atoms with Crippen molar-refractivity contribution in [1.82, 2.24) is 0 Å². The van der Waals surface area contributed by atoms with Gasteiger partial charge in [0, 0.05) is 5.92 Å². The van der Waals surface area contributed by atoms with Crippen molar-refractivity contribution in [3.05, 3.63) is 29.3 Å². The van der Waals surface area contributed by atoms with Crippen LogP contribution in [0.25, 0.3) is 6.08 Å². The minimum absolute atomic E-state index is 0.119. The third-order valence-corrected chi connectivity index (χ3v) is 5.38. The summed E-state index contributed by atoms with van der Waals surface area (Å²) in [5.74, 6) is 1.74. The molecule has 0 heterocycles. The Labute approximate surface area is 138 Å². The van der Waals surface area contributed by atoms with E-state index in [0.29, 0.717) is 17.5 Å². The quantitative estimate of drug-likeness (QED) is 0.820. The monoisotopic (exact) mass is 314 g/mol. The Bertz CT molecular complexity index is 597. The summed E-state index contributed by atoms with van der Waals surface area (Å²) in [5, 5.41) is 9.90. The Morgan fingerprint density at radius 1 is 1.13 bits per heavy atom. The van der Waals surface area contributed by atoms with Crippen LogP contribution < -0.4 is 4.74 Å². The fraction of sp³-hybridized carbons (Fsp3) is 0.550. The largest absolute Gasteiger partial charge is 0.504 e. The predicted molar refractivity (Wildman–Crippen MR) is 91.6 cm³/mol. The molecule has 2 fully saturated rings. The lowest BCUT2D eigenvalue weighted by Crippen LogP contribution is -2.30. The number of Topliss-reactive ketones (excluding diaryl/α,β-unsaturated/α-hetero) is 1. The topological polar surface area (TPSA) is 46.5 Å². The number of methoxy groups -OCH3 is 1. The van der Waals surface area contributed by atoms with E-state index >= 15 is 0 Å². The van der Waals surface area contributed by atoms with Crippen molar-refractivity contribution in [1.29, 1.82) is 0 Å². The first-order chi connectivity index (χ1) is 11.2. The third kappa shape index (κ3) is 3.60. The van der Waals surface area contributed by atoms with E-state index in [4.69, 9.17) is 4.74 Å². The average Bonchev–Trinajstić information content (AvgIpc) is 2.58. The zero-order chi connectivity index (χ0) is 16.2. The summed E-state index contributed by atoms with van der Waals surface area (Å²) in [6.07, 6.45) is 11.3. The van der Waals surface area contributed by atoms with Gasteiger partial charge in [0.1, 0.15) is 0 Å². The van der Waals surface area contributed by atoms with Crippen molar-refractivity contribution in [2.45, 2.75) is 51.4 Å². The second kappa shape index (κ2) is 7.20. The summed E-state index contributed by atoms with van der Waals surface area (Å²) in [7, 11) is 1.53. The van der Waals surface area contributed by atoms with Gasteiger partial charge < -0.3 is 9.84 Å². The summed E-state index contributed by atoms with van der Waals surface area (Å²) in [5.41, 5.74) is 1.80. The number of hydrogen-bond acceptors (Lipinski definition) is 3. The van der Waals surface area contributed by atoms with E-state index in [1.807, 2.05) is 12.1 Å². The van der Waals surface area contributed by atoms with Crippen LogP contribution in [0, 0.1) is 11.8 Å². The Balaban J connectivity index is 1.78. The standard InChI is InChI=1S/C20H26O3/c1-23-19-11-10-14(13-18(19)21)12-16-8-5-9-17(20(16)22)15-6-3-2-4-7-15/h10-13,15,17,21H,2-9H2,1H3/b16-12+/t17-/m0/s1. The smallest absolute Gasteiger partial charge is 0.162 e. The highest BCUT2D eigenvalue weighted by atomic mass is 16.5. The van der Waals surface area contributed by atoms with Gasteiger partial charge in [0.25, 0.3) is 0 Å². The van der Waals surface area contributed by atoms with Crippen LogP contribution in [0.2, 0.25) is 0 Å². The minimum atomic E-state index is 0.119. The number of ketones is 1. The fourth-order valence-corrected chi connectivity index (χ4v) is 4.13. The van der Waals surface area contributed by atoms with Crippen LogP contribution in [0.3, 0.4) is 0 Å². The molecule has 1 aromatic rings. The molecule has 124 valence electrons. The van der Waals surface area contributed by atoms with Crippen molar-refractivity contribution >= 4 is 11.9 Å². The van der Waals surface area contributed by atoms with Gasteiger partial charge in [0.05, 0.1) is 7.11 Å². The number of phenolic OH excluding ortho intramolecular Hbond substituents is 1. The molecule has 2 saturated carbocycles. The second-order valence-electron chi connectivity index (χ2n) is 6.86. The molecule has 1 atom stereocenters. The minimum Gasteiger partial charge on any atom is -0.504 e. The Kier molecular flexibility index (Phi) is 5.04. The van der Waals surface area contributed by atoms with Crippen LogP contribution in [0.4, 0.5) is 0 Å². The molecule has 0 aromatic heterocycles. The van der Waals surface area contributed by atoms with E-state index in [0.717, 1.165) is 30.4 Å². The van der Waals surface area contributed by atoms with Gasteiger partial charge in [-0.05, 0) is 67.4 Å². The molecule has 0 unspecified atom stereocenters. The molecule has 1 aromatic carbocycles. The highest BCUT2D eigenvalue weighted by Crippen LogP contribution is 2.38. The Morgan fingerprint density at radius 2 is 1.91 bits per heavy atom. The van der Waals surface area contributed by atoms with Crippen LogP contribution >= 0.6 is 0 Å². The van der Waals surface area contributed by atoms with Gasteiger partial charge in [0.15, 0.2) is 17.3 Å². The zero-order valence-corrected chi connectivity index (χ0v) is 13.9. The summed E-state index contributed by atoms with van der Waals surface area (Å²) < 4.78 is 5.07. The lowest BCUT2D eigenvalue weighted by atomic mass is 9.71. The lowest BCUT2D eigenvalue weighted by Gasteiger charge is -2.32. The van der Waals surface area contributed by atoms with E-state index in [-0.39, 0.29) is 11.7 Å². The molecule has 0 aliphatic heterocycles. The van der Waals surface area contributed by atoms with Crippen molar-refractivity contribution in [2.75, 3.05) is 7.11 Å². The summed E-state index contributed by atoms with van der Waals surface area (Å²) in [6, 6.07) is 5.31. The first kappa shape index (κ1) is 16.1. The van der Waals surface area contributed by atoms with E-state index in [1.54, 1.807) is 12.1 Å². The van der Waals surface area contributed by atoms with Gasteiger partial charge >= 0.3 is 0 Å². The summed E-state index contributed by atoms with van der Waals surface area (Å²) in [6.45, 7) is 0. The maximum Gasteiger partial charge on any atom is 0.162 e. The van der Waals surface area contributed by atoms with E-state index in [1.165, 1.54) is 39.2 Å². The van der Waals surface area contributed by atoms with Gasteiger partial charge in [-0.25, -0.2) is 0 Å². The lowest BCUT2D eigenvalue weighted by molar-refractivity contribution is -0.122. The summed E-state index contributed by atoms with van der Waals surface area (Å²) >= 11 is 0. The van der Waals surface area contributed by atoms with Crippen molar-refractivity contribution in [3.8, 4) is 11.5 Å². The molecule has 3 nitrogen and oxygen atoms in total. The molecule has 23 heavy (non-hydrogen) atoms. The number of rotatable bonds is 3. The first-order valence-electron chi connectivity index (χ1n) is 8.81. The van der Waals surface area contributed by atoms with Crippen LogP contribution in [-0.2, 0) is 4.79 Å². The first-order valence-corrected chi connectivity index (χ1v) is 8.81. The molecule has 3 heteroatoms. The molecule has 2 aliphatic carbocycles. The molecule has 0 saturated heterocycles. The normalized spacial score (nSPS) is 24.8. The Morgan fingerprint density at radius 3 is 2.61 bits per heavy atom. The molecule has 0 bridgehead atoms. The van der Waals surface area contributed by atoms with Crippen molar-refractivity contribution in [3.63, 3.8) is 0 Å². The molecule has 3 rings (SSSR count). The molecule has 0 amide bonds. The molecular formula is C20H26O3. The van der Waals surface area contributed by atoms with Gasteiger partial charge in [-0.2, -0.15) is 0 Å². The molecule has 0 spiro atoms. The molecule has 2 aliphatic rings. The maximum atomic E-state index is 12.9. The van der Waals surface area contributed by atoms with E-state index < -0.39 is 0 Å². The van der Waals surface area contributed by atoms with Crippen molar-refractivity contribution < 1.29 is 14.6 Å². The van der Waals surface area contributed by atoms with Crippen LogP contribution in [0.5, 0.6) is 11.5 Å². The van der Waals surface area contributed by atoms with Crippen LogP contribution in [0.15, 0.2) is 23.8 Å². The predicted octanol–water partition coefficient (Wildman–Crippen LogP) is 4.73. The highest BCUT2D eigenvalue weighted by molar-refractivity contribution is 6.01. The molecular weight excluding hydrogens is 288 g/mol. The number of phenols is 1. The van der Waals surface area contributed by atoms with E-state index in [2.05, 4.69) is 0 Å². The number of allylic oxidation sites excluding steroid dienone is 1.